The summed E-state index contributed by atoms with van der Waals surface area (Å²) in [7, 11) is 0. The molecule has 0 aliphatic heterocycles. The van der Waals surface area contributed by atoms with Crippen molar-refractivity contribution >= 4 is 39.8 Å². The van der Waals surface area contributed by atoms with Crippen molar-refractivity contribution in [3.63, 3.8) is 0 Å². The van der Waals surface area contributed by atoms with Crippen molar-refractivity contribution in [3.05, 3.63) is 45.2 Å². The molecule has 0 spiro atoms. The molecule has 0 atom stereocenters. The second-order valence-corrected chi connectivity index (χ2v) is 7.24. The van der Waals surface area contributed by atoms with E-state index in [1.54, 1.807) is 6.92 Å². The molecule has 158 valence electrons. The number of anilines is 1. The predicted molar refractivity (Wildman–Crippen MR) is 104 cm³/mol. The van der Waals surface area contributed by atoms with E-state index in [4.69, 9.17) is 10.5 Å². The van der Waals surface area contributed by atoms with Crippen molar-refractivity contribution in [1.82, 2.24) is 14.6 Å². The molecule has 0 unspecified atom stereocenters. The van der Waals surface area contributed by atoms with E-state index >= 15 is 0 Å². The van der Waals surface area contributed by atoms with E-state index in [0.29, 0.717) is 0 Å². The zero-order valence-electron chi connectivity index (χ0n) is 16.2. The van der Waals surface area contributed by atoms with Crippen LogP contribution in [0, 0.1) is 13.8 Å². The maximum Gasteiger partial charge on any atom is 0.341 e. The SMILES string of the molecule is CCOC(=O)c1c(NC(=O)c2cnn3c(C(F)F)cc(C)nc23)sc(C(N)=O)c1C. The fourth-order valence-electron chi connectivity index (χ4n) is 2.88. The number of alkyl halides is 2. The lowest BCUT2D eigenvalue weighted by Gasteiger charge is -2.07. The molecule has 3 N–H and O–H groups in total. The maximum absolute atomic E-state index is 13.3. The van der Waals surface area contributed by atoms with Gasteiger partial charge >= 0.3 is 5.97 Å². The number of rotatable bonds is 6. The Balaban J connectivity index is 2.06. The van der Waals surface area contributed by atoms with Crippen LogP contribution in [0.25, 0.3) is 5.65 Å². The van der Waals surface area contributed by atoms with Crippen LogP contribution < -0.4 is 11.1 Å². The summed E-state index contributed by atoms with van der Waals surface area (Å²) in [6, 6.07) is 1.17. The van der Waals surface area contributed by atoms with E-state index in [1.807, 2.05) is 0 Å². The highest BCUT2D eigenvalue weighted by Crippen LogP contribution is 2.34. The van der Waals surface area contributed by atoms with Gasteiger partial charge < -0.3 is 15.8 Å². The number of esters is 1. The number of nitrogens with zero attached hydrogens (tertiary/aromatic N) is 3. The zero-order valence-corrected chi connectivity index (χ0v) is 17.0. The molecular weight excluding hydrogens is 420 g/mol. The Labute approximate surface area is 172 Å². The van der Waals surface area contributed by atoms with Gasteiger partial charge in [-0.3, -0.25) is 9.59 Å². The van der Waals surface area contributed by atoms with Crippen LogP contribution in [-0.2, 0) is 4.74 Å². The fourth-order valence-corrected chi connectivity index (χ4v) is 3.93. The van der Waals surface area contributed by atoms with E-state index in [2.05, 4.69) is 15.4 Å². The number of nitrogens with two attached hydrogens (primary N) is 1. The van der Waals surface area contributed by atoms with Gasteiger partial charge in [-0.25, -0.2) is 23.1 Å². The number of thiophene rings is 1. The molecule has 9 nitrogen and oxygen atoms in total. The summed E-state index contributed by atoms with van der Waals surface area (Å²) in [5, 5.41) is 6.40. The third-order valence-corrected chi connectivity index (χ3v) is 5.39. The van der Waals surface area contributed by atoms with Gasteiger partial charge in [-0.05, 0) is 32.4 Å². The number of carbonyl (C=O) groups is 3. The summed E-state index contributed by atoms with van der Waals surface area (Å²) < 4.78 is 32.5. The molecule has 0 saturated heterocycles. The van der Waals surface area contributed by atoms with E-state index in [0.717, 1.165) is 22.0 Å². The first kappa shape index (κ1) is 21.3. The number of nitrogens with one attached hydrogen (secondary N) is 1. The van der Waals surface area contributed by atoms with Crippen LogP contribution in [-0.4, -0.2) is 39.0 Å². The highest BCUT2D eigenvalue weighted by molar-refractivity contribution is 7.18. The predicted octanol–water partition coefficient (Wildman–Crippen LogP) is 2.87. The molecule has 3 rings (SSSR count). The maximum atomic E-state index is 13.3. The van der Waals surface area contributed by atoms with Crippen LogP contribution in [0.15, 0.2) is 12.3 Å². The Kier molecular flexibility index (Phi) is 5.78. The number of fused-ring (bicyclic) bond motifs is 1. The van der Waals surface area contributed by atoms with Gasteiger partial charge in [0.1, 0.15) is 16.3 Å². The number of aromatic nitrogens is 3. The van der Waals surface area contributed by atoms with Crippen LogP contribution in [0.2, 0.25) is 0 Å². The summed E-state index contributed by atoms with van der Waals surface area (Å²) in [6.45, 7) is 4.72. The number of halogens is 2. The fraction of sp³-hybridized carbons (Fsp3) is 0.278. The van der Waals surface area contributed by atoms with Gasteiger partial charge in [0.05, 0.1) is 23.2 Å². The third-order valence-electron chi connectivity index (χ3n) is 4.17. The Bertz CT molecular complexity index is 1170. The van der Waals surface area contributed by atoms with Gasteiger partial charge in [-0.15, -0.1) is 11.3 Å². The van der Waals surface area contributed by atoms with E-state index in [-0.39, 0.29) is 44.5 Å². The smallest absolute Gasteiger partial charge is 0.341 e. The van der Waals surface area contributed by atoms with E-state index in [9.17, 15) is 23.2 Å². The number of hydrogen-bond acceptors (Lipinski definition) is 7. The van der Waals surface area contributed by atoms with Gasteiger partial charge in [-0.1, -0.05) is 0 Å². The van der Waals surface area contributed by atoms with Gasteiger partial charge in [0.25, 0.3) is 18.2 Å². The summed E-state index contributed by atoms with van der Waals surface area (Å²) in [6.07, 6.45) is -1.72. The first-order valence-electron chi connectivity index (χ1n) is 8.70. The summed E-state index contributed by atoms with van der Waals surface area (Å²) in [4.78, 5) is 41.1. The normalized spacial score (nSPS) is 11.1. The van der Waals surface area contributed by atoms with Crippen molar-refractivity contribution in [2.45, 2.75) is 27.2 Å². The average molecular weight is 437 g/mol. The quantitative estimate of drug-likeness (QED) is 0.571. The van der Waals surface area contributed by atoms with E-state index < -0.39 is 29.9 Å². The number of amides is 2. The number of hydrogen-bond donors (Lipinski definition) is 2. The third kappa shape index (κ3) is 3.73. The van der Waals surface area contributed by atoms with Crippen molar-refractivity contribution in [1.29, 1.82) is 0 Å². The van der Waals surface area contributed by atoms with Gasteiger partial charge in [-0.2, -0.15) is 5.10 Å². The Morgan fingerprint density at radius 3 is 2.63 bits per heavy atom. The molecule has 3 aromatic rings. The minimum atomic E-state index is -2.82. The minimum Gasteiger partial charge on any atom is -0.462 e. The van der Waals surface area contributed by atoms with Crippen LogP contribution >= 0.6 is 11.3 Å². The molecule has 0 bridgehead atoms. The minimum absolute atomic E-state index is 0.00196. The molecular formula is C18H17F2N5O4S. The van der Waals surface area contributed by atoms with Gasteiger partial charge in [0, 0.05) is 5.69 Å². The number of ether oxygens (including phenoxy) is 1. The van der Waals surface area contributed by atoms with Gasteiger partial charge in [0.15, 0.2) is 5.65 Å². The number of aryl methyl sites for hydroxylation is 1. The topological polar surface area (TPSA) is 129 Å². The number of carbonyl (C=O) groups excluding carboxylic acids is 3. The molecule has 12 heteroatoms. The van der Waals surface area contributed by atoms with Crippen molar-refractivity contribution in [2.24, 2.45) is 5.73 Å². The number of primary amides is 1. The molecule has 0 aromatic carbocycles. The zero-order chi connectivity index (χ0) is 22.2. The molecule has 3 heterocycles. The first-order chi connectivity index (χ1) is 14.1. The lowest BCUT2D eigenvalue weighted by molar-refractivity contribution is 0.0527. The van der Waals surface area contributed by atoms with Crippen LogP contribution in [0.4, 0.5) is 13.8 Å². The molecule has 0 fully saturated rings. The lowest BCUT2D eigenvalue weighted by Crippen LogP contribution is -2.15. The van der Waals surface area contributed by atoms with Crippen molar-refractivity contribution < 1.29 is 27.9 Å². The van der Waals surface area contributed by atoms with Crippen molar-refractivity contribution in [3.8, 4) is 0 Å². The highest BCUT2D eigenvalue weighted by Gasteiger charge is 2.27. The van der Waals surface area contributed by atoms with E-state index in [1.165, 1.54) is 19.9 Å². The van der Waals surface area contributed by atoms with Crippen molar-refractivity contribution in [2.75, 3.05) is 11.9 Å². The molecule has 0 aliphatic carbocycles. The second-order valence-electron chi connectivity index (χ2n) is 6.22. The molecule has 2 amide bonds. The Morgan fingerprint density at radius 1 is 1.33 bits per heavy atom. The Hall–Kier alpha value is -3.41. The van der Waals surface area contributed by atoms with Crippen LogP contribution in [0.5, 0.6) is 0 Å². The van der Waals surface area contributed by atoms with Crippen LogP contribution in [0.1, 0.15) is 60.7 Å². The average Bonchev–Trinajstić information content (AvgIpc) is 3.22. The second kappa shape index (κ2) is 8.14. The highest BCUT2D eigenvalue weighted by atomic mass is 32.1. The summed E-state index contributed by atoms with van der Waals surface area (Å²) >= 11 is 0.816. The Morgan fingerprint density at radius 2 is 2.03 bits per heavy atom. The summed E-state index contributed by atoms with van der Waals surface area (Å²) in [5.74, 6) is -2.24. The molecule has 30 heavy (non-hydrogen) atoms. The van der Waals surface area contributed by atoms with Crippen LogP contribution in [0.3, 0.4) is 0 Å². The molecule has 0 saturated carbocycles. The lowest BCUT2D eigenvalue weighted by atomic mass is 10.1. The van der Waals surface area contributed by atoms with Gasteiger partial charge in [0.2, 0.25) is 0 Å². The molecule has 3 aromatic heterocycles. The largest absolute Gasteiger partial charge is 0.462 e. The monoisotopic (exact) mass is 437 g/mol. The molecule has 0 aliphatic rings. The first-order valence-corrected chi connectivity index (χ1v) is 9.52. The summed E-state index contributed by atoms with van der Waals surface area (Å²) in [5.41, 5.74) is 5.34. The standard InChI is InChI=1S/C18H17F2N5O4S/c1-4-29-18(28)11-8(3)12(14(21)26)30-17(11)24-16(27)9-6-22-25-10(13(19)20)5-7(2)23-15(9)25/h5-6,13H,4H2,1-3H3,(H2,21,26)(H,24,27). The molecule has 0 radical (unpaired) electrons.